The summed E-state index contributed by atoms with van der Waals surface area (Å²) in [5.74, 6) is -7.09. The third-order valence-corrected chi connectivity index (χ3v) is 2.42. The summed E-state index contributed by atoms with van der Waals surface area (Å²) < 4.78 is 167. The fraction of sp³-hybridized carbons (Fsp3) is 0.857. The SMILES string of the molecule is O=C(F)C(F)(F)C(F)(F)N1C(F)(F)C(F)(F)OC(F)(F)C1(F)F. The maximum absolute atomic E-state index is 13.0. The van der Waals surface area contributed by atoms with Crippen molar-refractivity contribution in [1.82, 2.24) is 4.90 Å². The lowest BCUT2D eigenvalue weighted by Crippen LogP contribution is -2.80. The molecule has 0 N–H and O–H groups in total. The molecule has 1 rings (SSSR count). The Morgan fingerprint density at radius 1 is 0.783 bits per heavy atom. The van der Waals surface area contributed by atoms with E-state index in [2.05, 4.69) is 0 Å². The number of hydrogen-bond acceptors (Lipinski definition) is 3. The Morgan fingerprint density at radius 2 is 1.09 bits per heavy atom. The molecule has 23 heavy (non-hydrogen) atoms. The van der Waals surface area contributed by atoms with Crippen LogP contribution in [0.25, 0.3) is 0 Å². The minimum atomic E-state index is -7.50. The Hall–Kier alpha value is -1.32. The molecule has 136 valence electrons. The van der Waals surface area contributed by atoms with E-state index in [4.69, 9.17) is 0 Å². The van der Waals surface area contributed by atoms with Gasteiger partial charge in [-0.1, -0.05) is 4.90 Å². The van der Waals surface area contributed by atoms with Gasteiger partial charge in [-0.05, 0) is 0 Å². The molecule has 1 aliphatic heterocycles. The number of hydrogen-bond donors (Lipinski definition) is 0. The van der Waals surface area contributed by atoms with Crippen LogP contribution in [0.15, 0.2) is 0 Å². The molecule has 1 aliphatic rings. The van der Waals surface area contributed by atoms with Crippen LogP contribution < -0.4 is 0 Å². The molecule has 0 radical (unpaired) electrons. The Kier molecular flexibility index (Phi) is 3.95. The van der Waals surface area contributed by atoms with Crippen molar-refractivity contribution < 1.29 is 66.6 Å². The summed E-state index contributed by atoms with van der Waals surface area (Å²) >= 11 is 0. The number of halogens is 13. The molecule has 3 nitrogen and oxygen atoms in total. The van der Waals surface area contributed by atoms with E-state index in [1.165, 1.54) is 0 Å². The normalized spacial score (nSPS) is 26.8. The van der Waals surface area contributed by atoms with E-state index in [1.54, 1.807) is 4.74 Å². The number of carbonyl (C=O) groups is 1. The monoisotopic (exact) mass is 377 g/mol. The summed E-state index contributed by atoms with van der Waals surface area (Å²) in [5, 5.41) is 0. The summed E-state index contributed by atoms with van der Waals surface area (Å²) in [6.45, 7) is 0. The quantitative estimate of drug-likeness (QED) is 0.429. The van der Waals surface area contributed by atoms with Crippen molar-refractivity contribution in [1.29, 1.82) is 0 Å². The molecular formula is C7F13NO2. The first-order chi connectivity index (χ1) is 9.77. The van der Waals surface area contributed by atoms with Crippen molar-refractivity contribution >= 4 is 6.04 Å². The van der Waals surface area contributed by atoms with Crippen LogP contribution >= 0.6 is 0 Å². The fourth-order valence-corrected chi connectivity index (χ4v) is 1.33. The molecule has 0 spiro atoms. The second-order valence-electron chi connectivity index (χ2n) is 3.94. The van der Waals surface area contributed by atoms with Crippen LogP contribution in [0.3, 0.4) is 0 Å². The zero-order valence-electron chi connectivity index (χ0n) is 9.68. The van der Waals surface area contributed by atoms with Gasteiger partial charge in [-0.2, -0.15) is 57.1 Å². The Balaban J connectivity index is 3.71. The topological polar surface area (TPSA) is 29.5 Å². The van der Waals surface area contributed by atoms with Crippen molar-refractivity contribution in [2.24, 2.45) is 0 Å². The predicted octanol–water partition coefficient (Wildman–Crippen LogP) is 3.41. The molecule has 1 saturated heterocycles. The molecule has 1 fully saturated rings. The molecule has 0 bridgehead atoms. The summed E-state index contributed by atoms with van der Waals surface area (Å²) in [6.07, 6.45) is -13.7. The average molecular weight is 377 g/mol. The highest BCUT2D eigenvalue weighted by Gasteiger charge is 2.90. The van der Waals surface area contributed by atoms with Crippen LogP contribution in [0, 0.1) is 0 Å². The first kappa shape index (κ1) is 19.7. The van der Waals surface area contributed by atoms with E-state index >= 15 is 0 Å². The van der Waals surface area contributed by atoms with Crippen LogP contribution in [0.2, 0.25) is 0 Å². The number of ether oxygens (including phenoxy) is 1. The van der Waals surface area contributed by atoms with Crippen molar-refractivity contribution in [2.75, 3.05) is 0 Å². The number of nitrogens with zero attached hydrogens (tertiary/aromatic N) is 1. The maximum atomic E-state index is 13.0. The van der Waals surface area contributed by atoms with Gasteiger partial charge in [0.05, 0.1) is 0 Å². The second kappa shape index (κ2) is 4.61. The van der Waals surface area contributed by atoms with Crippen molar-refractivity contribution in [3.8, 4) is 0 Å². The Bertz CT molecular complexity index is 488. The van der Waals surface area contributed by atoms with Crippen molar-refractivity contribution in [3.05, 3.63) is 0 Å². The molecule has 16 heteroatoms. The molecular weight excluding hydrogens is 377 g/mol. The number of rotatable bonds is 3. The minimum Gasteiger partial charge on any atom is -0.254 e. The summed E-state index contributed by atoms with van der Waals surface area (Å²) in [7, 11) is 0. The first-order valence-corrected chi connectivity index (χ1v) is 4.74. The summed E-state index contributed by atoms with van der Waals surface area (Å²) in [5.41, 5.74) is 0. The van der Waals surface area contributed by atoms with Gasteiger partial charge in [0.1, 0.15) is 0 Å². The number of morpholine rings is 1. The molecule has 0 atom stereocenters. The molecule has 0 aromatic heterocycles. The largest absolute Gasteiger partial charge is 0.439 e. The van der Waals surface area contributed by atoms with Gasteiger partial charge in [0.2, 0.25) is 0 Å². The molecule has 0 unspecified atom stereocenters. The maximum Gasteiger partial charge on any atom is 0.439 e. The highest BCUT2D eigenvalue weighted by molar-refractivity contribution is 5.77. The van der Waals surface area contributed by atoms with Gasteiger partial charge >= 0.3 is 42.3 Å². The van der Waals surface area contributed by atoms with Gasteiger partial charge in [0, 0.05) is 0 Å². The van der Waals surface area contributed by atoms with E-state index in [0.29, 0.717) is 0 Å². The third kappa shape index (κ3) is 2.33. The first-order valence-electron chi connectivity index (χ1n) is 4.74. The molecule has 0 saturated carbocycles. The van der Waals surface area contributed by atoms with E-state index in [1.807, 2.05) is 0 Å². The lowest BCUT2D eigenvalue weighted by molar-refractivity contribution is -0.591. The second-order valence-corrected chi connectivity index (χ2v) is 3.94. The van der Waals surface area contributed by atoms with Crippen LogP contribution in [0.4, 0.5) is 57.1 Å². The highest BCUT2D eigenvalue weighted by atomic mass is 19.4. The zero-order chi connectivity index (χ0) is 18.9. The number of alkyl halides is 12. The fourth-order valence-electron chi connectivity index (χ4n) is 1.33. The molecule has 0 amide bonds. The minimum absolute atomic E-state index is 1.72. The van der Waals surface area contributed by atoms with Gasteiger partial charge in [0.15, 0.2) is 0 Å². The zero-order valence-corrected chi connectivity index (χ0v) is 9.68. The lowest BCUT2D eigenvalue weighted by Gasteiger charge is -2.49. The lowest BCUT2D eigenvalue weighted by atomic mass is 10.2. The van der Waals surface area contributed by atoms with Crippen LogP contribution in [0.1, 0.15) is 0 Å². The van der Waals surface area contributed by atoms with Crippen LogP contribution in [-0.2, 0) is 9.53 Å². The Labute approximate surface area is 115 Å². The highest BCUT2D eigenvalue weighted by Crippen LogP contribution is 2.60. The van der Waals surface area contributed by atoms with Gasteiger partial charge in [-0.25, -0.2) is 4.74 Å². The van der Waals surface area contributed by atoms with E-state index in [0.717, 1.165) is 0 Å². The van der Waals surface area contributed by atoms with E-state index in [9.17, 15) is 61.9 Å². The molecule has 1 heterocycles. The standard InChI is InChI=1S/C7F13NO2/c8-1(22)2(9,10)3(11,12)21-4(13,14)6(17,18)23-7(19,20)5(21,15)16. The van der Waals surface area contributed by atoms with Crippen LogP contribution in [0.5, 0.6) is 0 Å². The van der Waals surface area contributed by atoms with Gasteiger partial charge in [-0.3, -0.25) is 4.79 Å². The van der Waals surface area contributed by atoms with Gasteiger partial charge in [0.25, 0.3) is 0 Å². The van der Waals surface area contributed by atoms with Crippen molar-refractivity contribution in [2.45, 2.75) is 36.3 Å². The summed E-state index contributed by atoms with van der Waals surface area (Å²) in [6, 6.07) is -26.4. The Morgan fingerprint density at radius 3 is 1.35 bits per heavy atom. The van der Waals surface area contributed by atoms with Crippen molar-refractivity contribution in [3.63, 3.8) is 0 Å². The van der Waals surface area contributed by atoms with E-state index in [-0.39, 0.29) is 0 Å². The molecule has 0 aromatic rings. The van der Waals surface area contributed by atoms with E-state index < -0.39 is 47.2 Å². The number of carbonyl (C=O) groups excluding carboxylic acids is 1. The molecule has 0 aromatic carbocycles. The van der Waals surface area contributed by atoms with Gasteiger partial charge in [-0.15, -0.1) is 0 Å². The van der Waals surface area contributed by atoms with Gasteiger partial charge < -0.3 is 0 Å². The average Bonchev–Trinajstić information content (AvgIpc) is 2.23. The smallest absolute Gasteiger partial charge is 0.254 e. The van der Waals surface area contributed by atoms with Crippen LogP contribution in [-0.4, -0.2) is 47.2 Å². The summed E-state index contributed by atoms with van der Waals surface area (Å²) in [4.78, 5) is 5.73. The third-order valence-electron chi connectivity index (χ3n) is 2.42. The molecule has 0 aliphatic carbocycles. The predicted molar refractivity (Wildman–Crippen MR) is 38.7 cm³/mol.